The highest BCUT2D eigenvalue weighted by Gasteiger charge is 2.50. The van der Waals surface area contributed by atoms with E-state index in [1.165, 1.54) is 28.4 Å². The number of halogens is 1. The summed E-state index contributed by atoms with van der Waals surface area (Å²) in [6, 6.07) is 91.8. The third-order valence-corrected chi connectivity index (χ3v) is 22.7. The van der Waals surface area contributed by atoms with Crippen molar-refractivity contribution in [2.75, 3.05) is 83.3 Å². The van der Waals surface area contributed by atoms with E-state index in [4.69, 9.17) is 88.1 Å². The SMILES string of the molecule is C.C.C.C.CO[C@@H]1OC(CO)[C@@H](OC)[C@H](C)C1C.CO[C@@H]1OC(CO)[C@@H](OC)[C@H](O)C1O.CO[C@@H]1OC(COC(c2ccccc2)(c2ccccc2)c2ccccc2)[C@@H](OC)[C@H](C)C1C.CO[C@@H]1OC(COC(c2ccccc2)(c2ccccc2)c2ccccc2)[C@@H](OC)[C@H](O)C1O.ClC(c1ccccc1)(c1ccccc1)c1ccccc1. The van der Waals surface area contributed by atoms with E-state index in [0.29, 0.717) is 12.5 Å². The summed E-state index contributed by atoms with van der Waals surface area (Å²) in [6.07, 6.45) is -10.7. The number of aliphatic hydroxyl groups excluding tert-OH is 6. The van der Waals surface area contributed by atoms with E-state index in [-0.39, 0.29) is 104 Å². The summed E-state index contributed by atoms with van der Waals surface area (Å²) in [5.41, 5.74) is 7.58. The zero-order valence-corrected chi connectivity index (χ0v) is 67.9. The fourth-order valence-electron chi connectivity index (χ4n) is 15.6. The van der Waals surface area contributed by atoms with Gasteiger partial charge in [0, 0.05) is 68.7 Å². The van der Waals surface area contributed by atoms with Crippen LogP contribution in [-0.2, 0) is 82.4 Å². The van der Waals surface area contributed by atoms with Crippen molar-refractivity contribution in [3.05, 3.63) is 323 Å². The predicted octanol–water partition coefficient (Wildman–Crippen LogP) is 15.2. The second-order valence-corrected chi connectivity index (χ2v) is 29.2. The molecule has 0 spiro atoms. The van der Waals surface area contributed by atoms with Crippen molar-refractivity contribution in [3.8, 4) is 0 Å². The van der Waals surface area contributed by atoms with Crippen molar-refractivity contribution in [1.29, 1.82) is 0 Å². The highest BCUT2D eigenvalue weighted by Crippen LogP contribution is 2.46. The van der Waals surface area contributed by atoms with Gasteiger partial charge in [-0.25, -0.2) is 0 Å². The Morgan fingerprint density at radius 1 is 0.263 bits per heavy atom. The fraction of sp³-hybridized carbons (Fsp3) is 0.443. The van der Waals surface area contributed by atoms with Gasteiger partial charge in [-0.15, -0.1) is 11.6 Å². The Morgan fingerprint density at radius 2 is 0.458 bits per heavy atom. The van der Waals surface area contributed by atoms with Gasteiger partial charge in [0.1, 0.15) is 77.1 Å². The van der Waals surface area contributed by atoms with Gasteiger partial charge < -0.3 is 97.0 Å². The molecular formula is C97H131ClO20. The highest BCUT2D eigenvalue weighted by molar-refractivity contribution is 6.28. The highest BCUT2D eigenvalue weighted by atomic mass is 35.5. The number of ether oxygens (including phenoxy) is 14. The molecule has 118 heavy (non-hydrogen) atoms. The molecule has 646 valence electrons. The molecule has 13 rings (SSSR count). The minimum absolute atomic E-state index is 0. The van der Waals surface area contributed by atoms with Crippen LogP contribution in [0.25, 0.3) is 0 Å². The van der Waals surface area contributed by atoms with Gasteiger partial charge in [0.2, 0.25) is 0 Å². The molecule has 8 unspecified atom stereocenters. The topological polar surface area (TPSA) is 251 Å². The van der Waals surface area contributed by atoms with E-state index < -0.39 is 77.5 Å². The van der Waals surface area contributed by atoms with E-state index in [1.807, 2.05) is 164 Å². The first-order valence-electron chi connectivity index (χ1n) is 38.6. The lowest BCUT2D eigenvalue weighted by Crippen LogP contribution is -2.60. The molecule has 4 heterocycles. The minimum Gasteiger partial charge on any atom is -0.394 e. The van der Waals surface area contributed by atoms with E-state index in [1.54, 1.807) is 28.4 Å². The Morgan fingerprint density at radius 3 is 0.695 bits per heavy atom. The Hall–Kier alpha value is -7.53. The van der Waals surface area contributed by atoms with E-state index in [2.05, 4.69) is 137 Å². The zero-order chi connectivity index (χ0) is 81.8. The molecule has 21 heteroatoms. The first kappa shape index (κ1) is 101. The second-order valence-electron chi connectivity index (χ2n) is 28.6. The number of benzene rings is 9. The summed E-state index contributed by atoms with van der Waals surface area (Å²) in [4.78, 5) is -0.649. The van der Waals surface area contributed by atoms with Crippen LogP contribution in [-0.4, -0.2) is 212 Å². The van der Waals surface area contributed by atoms with Gasteiger partial charge in [-0.05, 0) is 61.9 Å². The van der Waals surface area contributed by atoms with Gasteiger partial charge in [0.15, 0.2) is 25.2 Å². The molecule has 0 aromatic heterocycles. The summed E-state index contributed by atoms with van der Waals surface area (Å²) in [7, 11) is 12.3. The van der Waals surface area contributed by atoms with Gasteiger partial charge in [-0.1, -0.05) is 330 Å². The molecule has 20 nitrogen and oxygen atoms in total. The van der Waals surface area contributed by atoms with Gasteiger partial charge in [-0.3, -0.25) is 0 Å². The van der Waals surface area contributed by atoms with Crippen molar-refractivity contribution in [1.82, 2.24) is 0 Å². The van der Waals surface area contributed by atoms with Gasteiger partial charge >= 0.3 is 0 Å². The van der Waals surface area contributed by atoms with E-state index in [0.717, 1.165) is 50.1 Å². The molecule has 4 aliphatic rings. The molecule has 20 atom stereocenters. The van der Waals surface area contributed by atoms with Crippen molar-refractivity contribution in [2.24, 2.45) is 23.7 Å². The number of hydrogen-bond donors (Lipinski definition) is 6. The molecular weight excluding hydrogens is 1520 g/mol. The molecule has 4 aliphatic heterocycles. The second kappa shape index (κ2) is 50.0. The van der Waals surface area contributed by atoms with Crippen molar-refractivity contribution < 1.29 is 97.0 Å². The zero-order valence-electron chi connectivity index (χ0n) is 67.1. The lowest BCUT2D eigenvalue weighted by molar-refractivity contribution is -0.302. The van der Waals surface area contributed by atoms with Crippen LogP contribution in [0.5, 0.6) is 0 Å². The lowest BCUT2D eigenvalue weighted by atomic mass is 9.79. The Balaban J connectivity index is 0.000000273. The molecule has 9 aromatic carbocycles. The number of alkyl halides is 1. The molecule has 4 fully saturated rings. The van der Waals surface area contributed by atoms with Crippen LogP contribution in [0.3, 0.4) is 0 Å². The van der Waals surface area contributed by atoms with Gasteiger partial charge in [0.05, 0.1) is 38.6 Å². The van der Waals surface area contributed by atoms with Crippen molar-refractivity contribution in [2.45, 2.75) is 172 Å². The molecule has 0 bridgehead atoms. The Bertz CT molecular complexity index is 3590. The van der Waals surface area contributed by atoms with Crippen molar-refractivity contribution in [3.63, 3.8) is 0 Å². The average Bonchev–Trinajstić information content (AvgIpc) is 0.762. The van der Waals surface area contributed by atoms with Crippen LogP contribution >= 0.6 is 11.6 Å². The maximum absolute atomic E-state index is 10.6. The molecule has 0 aliphatic carbocycles. The maximum Gasteiger partial charge on any atom is 0.186 e. The van der Waals surface area contributed by atoms with Gasteiger partial charge in [-0.2, -0.15) is 0 Å². The maximum atomic E-state index is 10.6. The van der Waals surface area contributed by atoms with E-state index in [9.17, 15) is 20.4 Å². The lowest BCUT2D eigenvalue weighted by Gasteiger charge is -2.45. The summed E-state index contributed by atoms with van der Waals surface area (Å²) in [6.45, 7) is 8.60. The summed E-state index contributed by atoms with van der Waals surface area (Å²) in [5.74, 6) is 1.07. The third-order valence-electron chi connectivity index (χ3n) is 22.1. The van der Waals surface area contributed by atoms with E-state index >= 15 is 0 Å². The minimum atomic E-state index is -1.22. The largest absolute Gasteiger partial charge is 0.394 e. The summed E-state index contributed by atoms with van der Waals surface area (Å²) < 4.78 is 79.3. The summed E-state index contributed by atoms with van der Waals surface area (Å²) >= 11 is 7.12. The van der Waals surface area contributed by atoms with Gasteiger partial charge in [0.25, 0.3) is 0 Å². The van der Waals surface area contributed by atoms with Crippen LogP contribution in [0.4, 0.5) is 0 Å². The van der Waals surface area contributed by atoms with Crippen LogP contribution < -0.4 is 0 Å². The molecule has 9 aromatic rings. The quantitative estimate of drug-likeness (QED) is 0.0230. The first-order valence-corrected chi connectivity index (χ1v) is 39.0. The molecule has 6 N–H and O–H groups in total. The predicted molar refractivity (Wildman–Crippen MR) is 463 cm³/mol. The van der Waals surface area contributed by atoms with Crippen LogP contribution in [0.15, 0.2) is 273 Å². The standard InChI is InChI=1S/C29H34O4.C27H30O6.C19H15Cl.C10H20O4.C8H16O6.4CH4/c1-21-22(2)28(31-4)33-26(27(21)30-3)20-32-29(23-14-8-5-9-15-23,24-16-10-6-11-17-24)25-18-12-7-13-19-25;1-30-25-22(33-26(31-2)24(29)23(25)28)18-32-27(19-12-6-3-7-13-19,20-14-8-4-9-15-20)21-16-10-5-11-17-21;20-19(16-10-4-1-5-11-16,17-12-6-2-7-13-17)18-14-8-3-9-15-18;1-6-7(2)10(13-4)14-8(5-11)9(6)12-3;1-12-7-4(3-9)14-8(13-2)6(11)5(7)10;;;;/h5-19,21-22,26-28H,20H2,1-4H3;3-17,22-26,28-29H,18H2,1-2H3;1-15H;6-11H,5H2,1-4H3;4-11H,3H2,1-2H3;4*1H4/t21-,22?,26?,27+,28-;22?,23-,24?,25-,26-;;6-,7?,8?,9+,10-;4?,5-,6?,7-,8-;;;;/m11.11..../s1. The Labute approximate surface area is 706 Å². The molecule has 0 radical (unpaired) electrons. The molecule has 0 saturated carbocycles. The van der Waals surface area contributed by atoms with Crippen LogP contribution in [0, 0.1) is 23.7 Å². The monoisotopic (exact) mass is 1650 g/mol. The van der Waals surface area contributed by atoms with Crippen LogP contribution in [0.1, 0.15) is 107 Å². The fourth-order valence-corrected chi connectivity index (χ4v) is 16.0. The molecule has 0 amide bonds. The first-order chi connectivity index (χ1) is 55.3. The van der Waals surface area contributed by atoms with Crippen molar-refractivity contribution >= 4 is 11.6 Å². The molecule has 4 saturated heterocycles. The smallest absolute Gasteiger partial charge is 0.186 e. The summed E-state index contributed by atoms with van der Waals surface area (Å²) in [5, 5.41) is 58.1. The third kappa shape index (κ3) is 23.6. The number of rotatable bonds is 25. The number of hydrogen-bond acceptors (Lipinski definition) is 20. The number of methoxy groups -OCH3 is 8. The Kier molecular flexibility index (Phi) is 42.8. The number of aliphatic hydroxyl groups is 6. The average molecular weight is 1650 g/mol. The van der Waals surface area contributed by atoms with Crippen LogP contribution in [0.2, 0.25) is 0 Å². The normalized spacial score (nSPS) is 26.7.